The summed E-state index contributed by atoms with van der Waals surface area (Å²) < 4.78 is 5.86. The minimum Gasteiger partial charge on any atom is -0.465 e. The molecular weight excluding hydrogens is 326 g/mol. The highest BCUT2D eigenvalue weighted by Crippen LogP contribution is 2.24. The SMILES string of the molecule is CCCc1oc(C)c(CC)c(=O)c1C(=O)Nc1c(CC)cccc1CC. The van der Waals surface area contributed by atoms with Crippen molar-refractivity contribution >= 4 is 11.6 Å². The summed E-state index contributed by atoms with van der Waals surface area (Å²) in [7, 11) is 0. The van der Waals surface area contributed by atoms with Gasteiger partial charge >= 0.3 is 0 Å². The highest BCUT2D eigenvalue weighted by atomic mass is 16.3. The third kappa shape index (κ3) is 3.90. The minimum atomic E-state index is -0.368. The van der Waals surface area contributed by atoms with Crippen molar-refractivity contribution in [3.8, 4) is 0 Å². The van der Waals surface area contributed by atoms with Gasteiger partial charge < -0.3 is 9.73 Å². The zero-order valence-corrected chi connectivity index (χ0v) is 16.5. The van der Waals surface area contributed by atoms with Gasteiger partial charge in [0.2, 0.25) is 5.43 Å². The predicted molar refractivity (Wildman–Crippen MR) is 106 cm³/mol. The maximum Gasteiger partial charge on any atom is 0.263 e. The van der Waals surface area contributed by atoms with Gasteiger partial charge in [-0.2, -0.15) is 0 Å². The lowest BCUT2D eigenvalue weighted by Gasteiger charge is -2.16. The van der Waals surface area contributed by atoms with Crippen LogP contribution < -0.4 is 10.7 Å². The van der Waals surface area contributed by atoms with Crippen LogP contribution in [0.25, 0.3) is 0 Å². The second-order valence-corrected chi connectivity index (χ2v) is 6.48. The second-order valence-electron chi connectivity index (χ2n) is 6.48. The van der Waals surface area contributed by atoms with E-state index in [0.717, 1.165) is 36.1 Å². The molecule has 0 aliphatic carbocycles. The van der Waals surface area contributed by atoms with E-state index in [2.05, 4.69) is 19.2 Å². The Kier molecular flexibility index (Phi) is 6.78. The molecule has 0 radical (unpaired) electrons. The molecule has 2 aromatic rings. The molecule has 1 N–H and O–H groups in total. The van der Waals surface area contributed by atoms with E-state index in [1.54, 1.807) is 6.92 Å². The van der Waals surface area contributed by atoms with Crippen LogP contribution >= 0.6 is 0 Å². The molecule has 1 aromatic heterocycles. The smallest absolute Gasteiger partial charge is 0.263 e. The van der Waals surface area contributed by atoms with Gasteiger partial charge in [-0.1, -0.05) is 45.9 Å². The molecule has 140 valence electrons. The van der Waals surface area contributed by atoms with Crippen LogP contribution in [0.15, 0.2) is 27.4 Å². The van der Waals surface area contributed by atoms with Crippen molar-refractivity contribution in [1.82, 2.24) is 0 Å². The van der Waals surface area contributed by atoms with Crippen LogP contribution in [0.2, 0.25) is 0 Å². The van der Waals surface area contributed by atoms with Crippen molar-refractivity contribution in [2.45, 2.75) is 66.7 Å². The number of hydrogen-bond acceptors (Lipinski definition) is 3. The van der Waals surface area contributed by atoms with Crippen molar-refractivity contribution in [2.75, 3.05) is 5.32 Å². The zero-order valence-electron chi connectivity index (χ0n) is 16.5. The quantitative estimate of drug-likeness (QED) is 0.773. The van der Waals surface area contributed by atoms with Crippen LogP contribution in [0.5, 0.6) is 0 Å². The molecule has 1 heterocycles. The number of nitrogens with one attached hydrogen (secondary N) is 1. The molecule has 1 aromatic carbocycles. The first-order valence-corrected chi connectivity index (χ1v) is 9.55. The molecule has 0 saturated heterocycles. The van der Waals surface area contributed by atoms with Crippen molar-refractivity contribution in [2.24, 2.45) is 0 Å². The van der Waals surface area contributed by atoms with E-state index in [4.69, 9.17) is 4.42 Å². The fourth-order valence-corrected chi connectivity index (χ4v) is 3.36. The summed E-state index contributed by atoms with van der Waals surface area (Å²) in [5.74, 6) is 0.727. The van der Waals surface area contributed by atoms with Gasteiger partial charge in [-0.15, -0.1) is 0 Å². The number of anilines is 1. The van der Waals surface area contributed by atoms with Gasteiger partial charge in [0, 0.05) is 17.7 Å². The monoisotopic (exact) mass is 355 g/mol. The highest BCUT2D eigenvalue weighted by Gasteiger charge is 2.23. The van der Waals surface area contributed by atoms with Crippen molar-refractivity contribution < 1.29 is 9.21 Å². The standard InChI is InChI=1S/C22H29NO3/c1-6-11-18-19(21(24)17(9-4)14(5)26-18)22(25)23-20-15(7-2)12-10-13-16(20)8-3/h10,12-13H,6-9,11H2,1-5H3,(H,23,25). The molecule has 0 aliphatic rings. The van der Waals surface area contributed by atoms with E-state index >= 15 is 0 Å². The van der Waals surface area contributed by atoms with Crippen molar-refractivity contribution in [3.05, 3.63) is 62.2 Å². The van der Waals surface area contributed by atoms with E-state index in [9.17, 15) is 9.59 Å². The number of hydrogen-bond donors (Lipinski definition) is 1. The van der Waals surface area contributed by atoms with Crippen LogP contribution in [-0.4, -0.2) is 5.91 Å². The van der Waals surface area contributed by atoms with Gasteiger partial charge in [-0.25, -0.2) is 0 Å². The van der Waals surface area contributed by atoms with Crippen LogP contribution in [0, 0.1) is 6.92 Å². The Morgan fingerprint density at radius 2 is 1.65 bits per heavy atom. The summed E-state index contributed by atoms with van der Waals surface area (Å²) in [6.07, 6.45) is 3.55. The third-order valence-electron chi connectivity index (χ3n) is 4.78. The molecule has 26 heavy (non-hydrogen) atoms. The maximum absolute atomic E-state index is 13.1. The second kappa shape index (κ2) is 8.84. The first-order chi connectivity index (χ1) is 12.5. The first kappa shape index (κ1) is 20.0. The Bertz CT molecular complexity index is 827. The van der Waals surface area contributed by atoms with Crippen LogP contribution in [0.3, 0.4) is 0 Å². The lowest BCUT2D eigenvalue weighted by molar-refractivity contribution is 0.102. The van der Waals surface area contributed by atoms with E-state index in [-0.39, 0.29) is 16.9 Å². The normalized spacial score (nSPS) is 10.8. The predicted octanol–water partition coefficient (Wildman–Crippen LogP) is 4.84. The molecule has 0 spiro atoms. The van der Waals surface area contributed by atoms with Gasteiger partial charge in [-0.3, -0.25) is 9.59 Å². The number of para-hydroxylation sites is 1. The van der Waals surface area contributed by atoms with Crippen molar-refractivity contribution in [1.29, 1.82) is 0 Å². The van der Waals surface area contributed by atoms with E-state index in [1.807, 2.05) is 32.0 Å². The molecule has 0 atom stereocenters. The minimum absolute atomic E-state index is 0.155. The average molecular weight is 355 g/mol. The lowest BCUT2D eigenvalue weighted by atomic mass is 10.0. The number of aryl methyl sites for hydroxylation is 4. The number of carbonyl (C=O) groups is 1. The molecule has 4 nitrogen and oxygen atoms in total. The van der Waals surface area contributed by atoms with Gasteiger partial charge in [0.15, 0.2) is 0 Å². The maximum atomic E-state index is 13.1. The Labute approximate surface area is 155 Å². The van der Waals surface area contributed by atoms with Gasteiger partial charge in [0.05, 0.1) is 0 Å². The van der Waals surface area contributed by atoms with E-state index in [1.165, 1.54) is 0 Å². The van der Waals surface area contributed by atoms with Crippen LogP contribution in [-0.2, 0) is 25.7 Å². The third-order valence-corrected chi connectivity index (χ3v) is 4.78. The summed E-state index contributed by atoms with van der Waals surface area (Å²) >= 11 is 0. The molecular formula is C22H29NO3. The summed E-state index contributed by atoms with van der Waals surface area (Å²) in [6, 6.07) is 6.03. The van der Waals surface area contributed by atoms with Gasteiger partial charge in [0.1, 0.15) is 17.1 Å². The number of carbonyl (C=O) groups excluding carboxylic acids is 1. The molecule has 0 unspecified atom stereocenters. The first-order valence-electron chi connectivity index (χ1n) is 9.55. The fraction of sp³-hybridized carbons (Fsp3) is 0.455. The number of rotatable bonds is 7. The molecule has 0 fully saturated rings. The largest absolute Gasteiger partial charge is 0.465 e. The lowest BCUT2D eigenvalue weighted by Crippen LogP contribution is -2.27. The number of amides is 1. The molecule has 0 saturated carbocycles. The average Bonchev–Trinajstić information content (AvgIpc) is 2.62. The molecule has 0 aliphatic heterocycles. The highest BCUT2D eigenvalue weighted by molar-refractivity contribution is 6.05. The Morgan fingerprint density at radius 1 is 1.04 bits per heavy atom. The van der Waals surface area contributed by atoms with Gasteiger partial charge in [-0.05, 0) is 43.7 Å². The Balaban J connectivity index is 2.56. The Hall–Kier alpha value is -2.36. The molecule has 4 heteroatoms. The Morgan fingerprint density at radius 3 is 2.15 bits per heavy atom. The molecule has 2 rings (SSSR count). The van der Waals surface area contributed by atoms with Gasteiger partial charge in [0.25, 0.3) is 5.91 Å². The molecule has 0 bridgehead atoms. The molecule has 1 amide bonds. The van der Waals surface area contributed by atoms with Crippen LogP contribution in [0.4, 0.5) is 5.69 Å². The topological polar surface area (TPSA) is 59.3 Å². The fourth-order valence-electron chi connectivity index (χ4n) is 3.36. The summed E-state index contributed by atoms with van der Waals surface area (Å²) in [6.45, 7) is 9.82. The van der Waals surface area contributed by atoms with E-state index < -0.39 is 0 Å². The number of benzene rings is 1. The summed E-state index contributed by atoms with van der Waals surface area (Å²) in [5.41, 5.74) is 3.49. The van der Waals surface area contributed by atoms with Crippen molar-refractivity contribution in [3.63, 3.8) is 0 Å². The van der Waals surface area contributed by atoms with Crippen LogP contribution in [0.1, 0.15) is 72.7 Å². The zero-order chi connectivity index (χ0) is 19.3. The van der Waals surface area contributed by atoms with E-state index in [0.29, 0.717) is 29.9 Å². The summed E-state index contributed by atoms with van der Waals surface area (Å²) in [4.78, 5) is 26.0. The summed E-state index contributed by atoms with van der Waals surface area (Å²) in [5, 5.41) is 3.01.